The van der Waals surface area contributed by atoms with Crippen molar-refractivity contribution in [3.05, 3.63) is 35.9 Å². The van der Waals surface area contributed by atoms with Gasteiger partial charge in [0.25, 0.3) is 0 Å². The first-order chi connectivity index (χ1) is 9.15. The molecule has 0 saturated heterocycles. The van der Waals surface area contributed by atoms with Crippen LogP contribution in [0.2, 0.25) is 0 Å². The largest absolute Gasteiger partial charge is 0.346 e. The summed E-state index contributed by atoms with van der Waals surface area (Å²) in [6, 6.07) is 8.74. The van der Waals surface area contributed by atoms with Crippen molar-refractivity contribution in [1.29, 1.82) is 0 Å². The number of nitrogens with one attached hydrogen (secondary N) is 2. The highest BCUT2D eigenvalue weighted by Gasteiger charge is 2.12. The monoisotopic (exact) mass is 263 g/mol. The minimum atomic E-state index is -0.607. The molecule has 102 valence electrons. The van der Waals surface area contributed by atoms with Crippen LogP contribution in [0.3, 0.4) is 0 Å². The molecule has 0 saturated carbocycles. The van der Waals surface area contributed by atoms with E-state index in [1.54, 1.807) is 0 Å². The number of nitrogens with two attached hydrogens (primary N) is 1. The number of amides is 2. The van der Waals surface area contributed by atoms with Gasteiger partial charge in [-0.2, -0.15) is 0 Å². The molecule has 0 aliphatic carbocycles. The van der Waals surface area contributed by atoms with Crippen LogP contribution in [-0.2, 0) is 20.8 Å². The molecule has 0 aliphatic rings. The number of benzene rings is 1. The van der Waals surface area contributed by atoms with E-state index in [9.17, 15) is 14.4 Å². The van der Waals surface area contributed by atoms with Crippen molar-refractivity contribution in [3.8, 4) is 0 Å². The second-order valence-corrected chi connectivity index (χ2v) is 3.98. The predicted octanol–water partition coefficient (Wildman–Crippen LogP) is -1.01. The average Bonchev–Trinajstić information content (AvgIpc) is 2.45. The van der Waals surface area contributed by atoms with E-state index < -0.39 is 17.9 Å². The van der Waals surface area contributed by atoms with Gasteiger partial charge in [-0.3, -0.25) is 9.59 Å². The van der Waals surface area contributed by atoms with Crippen molar-refractivity contribution in [3.63, 3.8) is 0 Å². The summed E-state index contributed by atoms with van der Waals surface area (Å²) in [7, 11) is 0. The topological polar surface area (TPSA) is 101 Å². The van der Waals surface area contributed by atoms with E-state index in [0.29, 0.717) is 12.7 Å². The number of hydrogen-bond donors (Lipinski definition) is 3. The van der Waals surface area contributed by atoms with Crippen molar-refractivity contribution in [2.75, 3.05) is 13.1 Å². The summed E-state index contributed by atoms with van der Waals surface area (Å²) in [4.78, 5) is 33.3. The Bertz CT molecular complexity index is 434. The van der Waals surface area contributed by atoms with Gasteiger partial charge >= 0.3 is 0 Å². The molecule has 0 aliphatic heterocycles. The Morgan fingerprint density at radius 1 is 1.21 bits per heavy atom. The molecular formula is C13H17N3O3. The van der Waals surface area contributed by atoms with Crippen LogP contribution in [0.25, 0.3) is 0 Å². The molecule has 0 fully saturated rings. The van der Waals surface area contributed by atoms with Crippen molar-refractivity contribution >= 4 is 18.1 Å². The fourth-order valence-electron chi connectivity index (χ4n) is 1.51. The first-order valence-corrected chi connectivity index (χ1v) is 5.91. The van der Waals surface area contributed by atoms with Gasteiger partial charge < -0.3 is 21.2 Å². The second-order valence-electron chi connectivity index (χ2n) is 3.98. The van der Waals surface area contributed by atoms with E-state index in [0.717, 1.165) is 5.56 Å². The lowest BCUT2D eigenvalue weighted by molar-refractivity contribution is -0.126. The molecule has 6 nitrogen and oxygen atoms in total. The van der Waals surface area contributed by atoms with E-state index in [1.165, 1.54) is 0 Å². The molecule has 0 spiro atoms. The molecule has 0 heterocycles. The normalized spacial score (nSPS) is 11.4. The van der Waals surface area contributed by atoms with Crippen LogP contribution in [-0.4, -0.2) is 37.2 Å². The second kappa shape index (κ2) is 7.99. The molecule has 1 aromatic rings. The third-order valence-corrected chi connectivity index (χ3v) is 2.44. The standard InChI is InChI=1S/C13H17N3O3/c14-7-12(18)15-8-13(19)16-11(9-17)6-10-4-2-1-3-5-10/h1-5,9,11H,6-8,14H2,(H,15,18)(H,16,19)/t11-/m0/s1. The summed E-state index contributed by atoms with van der Waals surface area (Å²) in [5.74, 6) is -0.837. The van der Waals surface area contributed by atoms with Gasteiger partial charge in [-0.1, -0.05) is 30.3 Å². The van der Waals surface area contributed by atoms with E-state index in [-0.39, 0.29) is 13.1 Å². The smallest absolute Gasteiger partial charge is 0.239 e. The summed E-state index contributed by atoms with van der Waals surface area (Å²) in [5, 5.41) is 4.87. The highest BCUT2D eigenvalue weighted by atomic mass is 16.2. The summed E-state index contributed by atoms with van der Waals surface area (Å²) in [5.41, 5.74) is 6.04. The van der Waals surface area contributed by atoms with Crippen molar-refractivity contribution < 1.29 is 14.4 Å². The van der Waals surface area contributed by atoms with Crippen molar-refractivity contribution in [2.45, 2.75) is 12.5 Å². The summed E-state index contributed by atoms with van der Waals surface area (Å²) in [6.07, 6.45) is 1.09. The molecule has 19 heavy (non-hydrogen) atoms. The SMILES string of the molecule is NCC(=O)NCC(=O)N[C@H](C=O)Cc1ccccc1. The molecule has 0 unspecified atom stereocenters. The number of carbonyl (C=O) groups is 3. The molecule has 0 bridgehead atoms. The zero-order chi connectivity index (χ0) is 14.1. The third-order valence-electron chi connectivity index (χ3n) is 2.44. The van der Waals surface area contributed by atoms with Crippen LogP contribution in [0.5, 0.6) is 0 Å². The molecule has 4 N–H and O–H groups in total. The average molecular weight is 263 g/mol. The maximum absolute atomic E-state index is 11.5. The van der Waals surface area contributed by atoms with E-state index in [2.05, 4.69) is 10.6 Å². The minimum Gasteiger partial charge on any atom is -0.346 e. The Labute approximate surface area is 111 Å². The van der Waals surface area contributed by atoms with E-state index in [4.69, 9.17) is 5.73 Å². The lowest BCUT2D eigenvalue weighted by atomic mass is 10.1. The molecule has 1 rings (SSSR count). The van der Waals surface area contributed by atoms with E-state index in [1.807, 2.05) is 30.3 Å². The van der Waals surface area contributed by atoms with Gasteiger partial charge in [0.15, 0.2) is 0 Å². The summed E-state index contributed by atoms with van der Waals surface area (Å²) >= 11 is 0. The van der Waals surface area contributed by atoms with Crippen LogP contribution in [0.4, 0.5) is 0 Å². The van der Waals surface area contributed by atoms with Gasteiger partial charge in [0.1, 0.15) is 6.29 Å². The molecular weight excluding hydrogens is 246 g/mol. The van der Waals surface area contributed by atoms with Gasteiger partial charge in [0, 0.05) is 0 Å². The number of rotatable bonds is 7. The molecule has 0 radical (unpaired) electrons. The fourth-order valence-corrected chi connectivity index (χ4v) is 1.51. The first kappa shape index (κ1) is 14.8. The van der Waals surface area contributed by atoms with Crippen LogP contribution >= 0.6 is 0 Å². The van der Waals surface area contributed by atoms with E-state index >= 15 is 0 Å². The molecule has 2 amide bonds. The Morgan fingerprint density at radius 3 is 2.47 bits per heavy atom. The van der Waals surface area contributed by atoms with Gasteiger partial charge in [0.05, 0.1) is 19.1 Å². The number of hydrogen-bond acceptors (Lipinski definition) is 4. The van der Waals surface area contributed by atoms with Crippen LogP contribution < -0.4 is 16.4 Å². The van der Waals surface area contributed by atoms with Crippen LogP contribution in [0.1, 0.15) is 5.56 Å². The van der Waals surface area contributed by atoms with Crippen LogP contribution in [0, 0.1) is 0 Å². The highest BCUT2D eigenvalue weighted by molar-refractivity contribution is 5.86. The highest BCUT2D eigenvalue weighted by Crippen LogP contribution is 2.01. The molecule has 6 heteroatoms. The minimum absolute atomic E-state index is 0.172. The lowest BCUT2D eigenvalue weighted by Crippen LogP contribution is -2.44. The Balaban J connectivity index is 2.42. The van der Waals surface area contributed by atoms with Crippen molar-refractivity contribution in [2.24, 2.45) is 5.73 Å². The molecule has 0 aromatic heterocycles. The molecule has 1 atom stereocenters. The van der Waals surface area contributed by atoms with Gasteiger partial charge in [-0.25, -0.2) is 0 Å². The maximum atomic E-state index is 11.5. The third kappa shape index (κ3) is 5.78. The first-order valence-electron chi connectivity index (χ1n) is 5.91. The zero-order valence-electron chi connectivity index (χ0n) is 10.5. The van der Waals surface area contributed by atoms with Gasteiger partial charge in [-0.05, 0) is 12.0 Å². The fraction of sp³-hybridized carbons (Fsp3) is 0.308. The molecule has 1 aromatic carbocycles. The number of carbonyl (C=O) groups excluding carboxylic acids is 3. The number of aldehydes is 1. The van der Waals surface area contributed by atoms with Crippen LogP contribution in [0.15, 0.2) is 30.3 Å². The Kier molecular flexibility index (Phi) is 6.25. The van der Waals surface area contributed by atoms with Gasteiger partial charge in [-0.15, -0.1) is 0 Å². The predicted molar refractivity (Wildman–Crippen MR) is 70.2 cm³/mol. The zero-order valence-corrected chi connectivity index (χ0v) is 10.5. The van der Waals surface area contributed by atoms with Crippen molar-refractivity contribution in [1.82, 2.24) is 10.6 Å². The quantitative estimate of drug-likeness (QED) is 0.548. The van der Waals surface area contributed by atoms with Gasteiger partial charge in [0.2, 0.25) is 11.8 Å². The summed E-state index contributed by atoms with van der Waals surface area (Å²) in [6.45, 7) is -0.358. The maximum Gasteiger partial charge on any atom is 0.239 e. The summed E-state index contributed by atoms with van der Waals surface area (Å²) < 4.78 is 0. The lowest BCUT2D eigenvalue weighted by Gasteiger charge is -2.13. The Hall–Kier alpha value is -2.21. The Morgan fingerprint density at radius 2 is 1.89 bits per heavy atom.